The van der Waals surface area contributed by atoms with E-state index in [2.05, 4.69) is 18.3 Å². The number of aryl methyl sites for hydroxylation is 1. The van der Waals surface area contributed by atoms with Crippen LogP contribution in [0.2, 0.25) is 0 Å². The minimum atomic E-state index is -1.16. The molecule has 1 fully saturated rings. The van der Waals surface area contributed by atoms with Crippen molar-refractivity contribution in [3.63, 3.8) is 0 Å². The van der Waals surface area contributed by atoms with Gasteiger partial charge in [-0.25, -0.2) is 4.79 Å². The van der Waals surface area contributed by atoms with Crippen LogP contribution in [0.4, 0.5) is 4.79 Å². The third-order valence-electron chi connectivity index (χ3n) is 6.12. The maximum Gasteiger partial charge on any atom is 0.325 e. The highest BCUT2D eigenvalue weighted by molar-refractivity contribution is 6.09. The van der Waals surface area contributed by atoms with Gasteiger partial charge in [-0.15, -0.1) is 0 Å². The molecule has 0 aromatic heterocycles. The van der Waals surface area contributed by atoms with Gasteiger partial charge in [0.1, 0.15) is 12.1 Å². The SMILES string of the molecule is CCCc1ccc(C2(C)NC(=O)N(CC(=O)N3CCc4ccccc4C3)C2=O)cc1. The van der Waals surface area contributed by atoms with Crippen LogP contribution in [0.15, 0.2) is 48.5 Å². The average Bonchev–Trinajstić information content (AvgIpc) is 2.98. The summed E-state index contributed by atoms with van der Waals surface area (Å²) in [6, 6.07) is 15.3. The van der Waals surface area contributed by atoms with Crippen molar-refractivity contribution >= 4 is 17.8 Å². The Kier molecular flexibility index (Phi) is 5.33. The van der Waals surface area contributed by atoms with Gasteiger partial charge in [0, 0.05) is 13.1 Å². The molecule has 2 aliphatic rings. The molecule has 4 amide bonds. The number of benzene rings is 2. The Morgan fingerprint density at radius 2 is 1.77 bits per heavy atom. The second-order valence-corrected chi connectivity index (χ2v) is 8.23. The van der Waals surface area contributed by atoms with E-state index in [0.29, 0.717) is 13.1 Å². The van der Waals surface area contributed by atoms with Crippen LogP contribution in [0.25, 0.3) is 0 Å². The molecule has 4 rings (SSSR count). The number of hydrogen-bond acceptors (Lipinski definition) is 3. The second kappa shape index (κ2) is 7.94. The third-order valence-corrected chi connectivity index (χ3v) is 6.12. The molecule has 0 radical (unpaired) electrons. The molecule has 6 heteroatoms. The minimum absolute atomic E-state index is 0.212. The number of carbonyl (C=O) groups is 3. The fraction of sp³-hybridized carbons (Fsp3) is 0.375. The number of carbonyl (C=O) groups excluding carboxylic acids is 3. The first-order valence-corrected chi connectivity index (χ1v) is 10.5. The summed E-state index contributed by atoms with van der Waals surface area (Å²) in [5.41, 5.74) is 3.12. The van der Waals surface area contributed by atoms with Gasteiger partial charge < -0.3 is 10.2 Å². The van der Waals surface area contributed by atoms with E-state index in [-0.39, 0.29) is 18.4 Å². The summed E-state index contributed by atoms with van der Waals surface area (Å²) in [5, 5.41) is 2.79. The van der Waals surface area contributed by atoms with Crippen LogP contribution < -0.4 is 5.32 Å². The van der Waals surface area contributed by atoms with E-state index in [9.17, 15) is 14.4 Å². The number of nitrogens with one attached hydrogen (secondary N) is 1. The van der Waals surface area contributed by atoms with Gasteiger partial charge in [-0.1, -0.05) is 61.9 Å². The van der Waals surface area contributed by atoms with Crippen molar-refractivity contribution in [3.05, 3.63) is 70.8 Å². The highest BCUT2D eigenvalue weighted by Crippen LogP contribution is 2.29. The van der Waals surface area contributed by atoms with Gasteiger partial charge in [0.05, 0.1) is 0 Å². The molecule has 2 aromatic rings. The standard InChI is InChI=1S/C24H27N3O3/c1-3-6-17-9-11-20(12-10-17)24(2)22(29)27(23(30)25-24)16-21(28)26-14-13-18-7-4-5-8-19(18)15-26/h4-5,7-12H,3,6,13-16H2,1-2H3,(H,25,30). The maximum atomic E-state index is 13.1. The fourth-order valence-corrected chi connectivity index (χ4v) is 4.27. The molecule has 2 aliphatic heterocycles. The van der Waals surface area contributed by atoms with Crippen molar-refractivity contribution in [3.8, 4) is 0 Å². The number of hydrogen-bond donors (Lipinski definition) is 1. The molecule has 1 unspecified atom stereocenters. The predicted molar refractivity (Wildman–Crippen MR) is 114 cm³/mol. The zero-order chi connectivity index (χ0) is 21.3. The first kappa shape index (κ1) is 20.1. The quantitative estimate of drug-likeness (QED) is 0.778. The predicted octanol–water partition coefficient (Wildman–Crippen LogP) is 2.99. The van der Waals surface area contributed by atoms with Crippen LogP contribution in [-0.4, -0.2) is 40.7 Å². The Hall–Kier alpha value is -3.15. The first-order valence-electron chi connectivity index (χ1n) is 10.5. The number of rotatable bonds is 5. The molecular formula is C24H27N3O3. The molecule has 1 atom stereocenters. The van der Waals surface area contributed by atoms with Crippen LogP contribution >= 0.6 is 0 Å². The van der Waals surface area contributed by atoms with Gasteiger partial charge in [0.25, 0.3) is 5.91 Å². The van der Waals surface area contributed by atoms with Crippen molar-refractivity contribution in [1.29, 1.82) is 0 Å². The Morgan fingerprint density at radius 1 is 1.07 bits per heavy atom. The number of fused-ring (bicyclic) bond motifs is 1. The van der Waals surface area contributed by atoms with Crippen molar-refractivity contribution < 1.29 is 14.4 Å². The Morgan fingerprint density at radius 3 is 2.47 bits per heavy atom. The molecule has 0 bridgehead atoms. The van der Waals surface area contributed by atoms with E-state index in [1.807, 2.05) is 42.5 Å². The van der Waals surface area contributed by atoms with Gasteiger partial charge in [-0.05, 0) is 42.0 Å². The summed E-state index contributed by atoms with van der Waals surface area (Å²) >= 11 is 0. The summed E-state index contributed by atoms with van der Waals surface area (Å²) < 4.78 is 0. The van der Waals surface area contributed by atoms with Crippen molar-refractivity contribution in [2.45, 2.75) is 45.2 Å². The molecule has 156 valence electrons. The average molecular weight is 405 g/mol. The number of nitrogens with zero attached hydrogens (tertiary/aromatic N) is 2. The lowest BCUT2D eigenvalue weighted by molar-refractivity contribution is -0.139. The highest BCUT2D eigenvalue weighted by atomic mass is 16.2. The molecule has 6 nitrogen and oxygen atoms in total. The van der Waals surface area contributed by atoms with E-state index < -0.39 is 11.6 Å². The smallest absolute Gasteiger partial charge is 0.325 e. The fourth-order valence-electron chi connectivity index (χ4n) is 4.27. The number of imide groups is 1. The summed E-state index contributed by atoms with van der Waals surface area (Å²) in [4.78, 5) is 41.4. The van der Waals surface area contributed by atoms with E-state index in [1.54, 1.807) is 11.8 Å². The topological polar surface area (TPSA) is 69.7 Å². The number of amides is 4. The van der Waals surface area contributed by atoms with Gasteiger partial charge in [0.15, 0.2) is 0 Å². The summed E-state index contributed by atoms with van der Waals surface area (Å²) in [7, 11) is 0. The molecule has 1 saturated heterocycles. The molecule has 2 heterocycles. The van der Waals surface area contributed by atoms with Crippen LogP contribution in [-0.2, 0) is 34.5 Å². The van der Waals surface area contributed by atoms with Crippen molar-refractivity contribution in [2.24, 2.45) is 0 Å². The van der Waals surface area contributed by atoms with Gasteiger partial charge >= 0.3 is 6.03 Å². The summed E-state index contributed by atoms with van der Waals surface area (Å²) in [5.74, 6) is -0.600. The molecule has 30 heavy (non-hydrogen) atoms. The van der Waals surface area contributed by atoms with Gasteiger partial charge in [-0.3, -0.25) is 14.5 Å². The van der Waals surface area contributed by atoms with Crippen LogP contribution in [0, 0.1) is 0 Å². The third kappa shape index (κ3) is 3.58. The van der Waals surface area contributed by atoms with Crippen LogP contribution in [0.5, 0.6) is 0 Å². The highest BCUT2D eigenvalue weighted by Gasteiger charge is 2.49. The molecule has 1 N–H and O–H groups in total. The van der Waals surface area contributed by atoms with E-state index in [1.165, 1.54) is 11.1 Å². The van der Waals surface area contributed by atoms with E-state index >= 15 is 0 Å². The van der Waals surface area contributed by atoms with Crippen LogP contribution in [0.3, 0.4) is 0 Å². The lowest BCUT2D eigenvalue weighted by atomic mass is 9.91. The lowest BCUT2D eigenvalue weighted by Crippen LogP contribution is -2.45. The molecule has 0 saturated carbocycles. The summed E-state index contributed by atoms with van der Waals surface area (Å²) in [6.45, 7) is 4.68. The Bertz CT molecular complexity index is 985. The lowest BCUT2D eigenvalue weighted by Gasteiger charge is -2.30. The first-order chi connectivity index (χ1) is 14.4. The van der Waals surface area contributed by atoms with E-state index in [0.717, 1.165) is 35.3 Å². The zero-order valence-corrected chi connectivity index (χ0v) is 17.5. The zero-order valence-electron chi connectivity index (χ0n) is 17.5. The van der Waals surface area contributed by atoms with Crippen molar-refractivity contribution in [1.82, 2.24) is 15.1 Å². The van der Waals surface area contributed by atoms with Gasteiger partial charge in [-0.2, -0.15) is 0 Å². The molecule has 0 aliphatic carbocycles. The normalized spacial score (nSPS) is 20.9. The largest absolute Gasteiger partial charge is 0.336 e. The minimum Gasteiger partial charge on any atom is -0.336 e. The van der Waals surface area contributed by atoms with Crippen LogP contribution in [0.1, 0.15) is 42.5 Å². The summed E-state index contributed by atoms with van der Waals surface area (Å²) in [6.07, 6.45) is 2.80. The monoisotopic (exact) mass is 405 g/mol. The molecule has 2 aromatic carbocycles. The number of urea groups is 1. The molecular weight excluding hydrogens is 378 g/mol. The van der Waals surface area contributed by atoms with Gasteiger partial charge in [0.2, 0.25) is 5.91 Å². The Labute approximate surface area is 176 Å². The molecule has 0 spiro atoms. The maximum absolute atomic E-state index is 13.1. The second-order valence-electron chi connectivity index (χ2n) is 8.23. The van der Waals surface area contributed by atoms with E-state index in [4.69, 9.17) is 0 Å². The van der Waals surface area contributed by atoms with Crippen molar-refractivity contribution in [2.75, 3.05) is 13.1 Å². The Balaban J connectivity index is 1.47.